The highest BCUT2D eigenvalue weighted by molar-refractivity contribution is 6.04. The van der Waals surface area contributed by atoms with Gasteiger partial charge in [0.15, 0.2) is 0 Å². The summed E-state index contributed by atoms with van der Waals surface area (Å²) >= 11 is 0. The number of benzene rings is 2. The summed E-state index contributed by atoms with van der Waals surface area (Å²) < 4.78 is 42.2. The lowest BCUT2D eigenvalue weighted by atomic mass is 10.0. The molecule has 4 aromatic rings. The average molecular weight is 576 g/mol. The number of likely N-dealkylation sites (N-methyl/N-ethyl adjacent to an activating group) is 1. The Labute approximate surface area is 242 Å². The Morgan fingerprint density at radius 1 is 1.10 bits per heavy atom. The standard InChI is InChI=1S/C31H32F3N7O/c1-20-6-9-24(16-28(20)39-30-36-13-10-27(38-30)22-5-4-12-35-17-22)37-29(42)21-7-8-23(26(15-21)31(32,33)34)18-41-14-11-25(19-41)40(2)3/h4-10,12-13,15-17,25H,11,14,18-19H2,1-3H3,(H,37,42)(H,36,38,39)/t25-/m0/s1. The van der Waals surface area contributed by atoms with Gasteiger partial charge in [0.25, 0.3) is 5.91 Å². The third-order valence-electron chi connectivity index (χ3n) is 7.40. The molecule has 1 aliphatic rings. The number of aryl methyl sites for hydroxylation is 1. The molecule has 1 aliphatic heterocycles. The van der Waals surface area contributed by atoms with Crippen molar-refractivity contribution in [2.24, 2.45) is 0 Å². The molecule has 1 amide bonds. The van der Waals surface area contributed by atoms with Gasteiger partial charge >= 0.3 is 6.18 Å². The van der Waals surface area contributed by atoms with Gasteiger partial charge in [-0.25, -0.2) is 9.97 Å². The minimum atomic E-state index is -4.59. The lowest BCUT2D eigenvalue weighted by Crippen LogP contribution is -2.31. The zero-order valence-corrected chi connectivity index (χ0v) is 23.6. The quantitative estimate of drug-likeness (QED) is 0.267. The summed E-state index contributed by atoms with van der Waals surface area (Å²) in [4.78, 5) is 30.1. The first-order valence-electron chi connectivity index (χ1n) is 13.6. The van der Waals surface area contributed by atoms with Gasteiger partial charge in [-0.2, -0.15) is 13.2 Å². The second kappa shape index (κ2) is 12.3. The van der Waals surface area contributed by atoms with Crippen molar-refractivity contribution in [1.82, 2.24) is 24.8 Å². The summed E-state index contributed by atoms with van der Waals surface area (Å²) in [5.74, 6) is -0.284. The summed E-state index contributed by atoms with van der Waals surface area (Å²) in [6, 6.07) is 14.8. The SMILES string of the molecule is Cc1ccc(NC(=O)c2ccc(CN3CC[C@H](N(C)C)C3)c(C(F)(F)F)c2)cc1Nc1nccc(-c2cccnc2)n1. The smallest absolute Gasteiger partial charge is 0.324 e. The van der Waals surface area contributed by atoms with E-state index in [0.717, 1.165) is 30.2 Å². The van der Waals surface area contributed by atoms with Crippen LogP contribution in [0.15, 0.2) is 73.2 Å². The molecule has 1 atom stereocenters. The first kappa shape index (κ1) is 29.2. The second-order valence-corrected chi connectivity index (χ2v) is 10.6. The highest BCUT2D eigenvalue weighted by Crippen LogP contribution is 2.34. The summed E-state index contributed by atoms with van der Waals surface area (Å²) in [5, 5.41) is 5.89. The molecular formula is C31H32F3N7O. The van der Waals surface area contributed by atoms with Crippen molar-refractivity contribution in [1.29, 1.82) is 0 Å². The fourth-order valence-corrected chi connectivity index (χ4v) is 4.99. The van der Waals surface area contributed by atoms with Gasteiger partial charge < -0.3 is 15.5 Å². The fourth-order valence-electron chi connectivity index (χ4n) is 4.99. The molecule has 0 aliphatic carbocycles. The van der Waals surface area contributed by atoms with Crippen molar-refractivity contribution in [2.75, 3.05) is 37.8 Å². The average Bonchev–Trinajstić information content (AvgIpc) is 3.44. The number of likely N-dealkylation sites (tertiary alicyclic amines) is 1. The molecule has 2 aromatic carbocycles. The third-order valence-corrected chi connectivity index (χ3v) is 7.40. The highest BCUT2D eigenvalue weighted by Gasteiger charge is 2.35. The monoisotopic (exact) mass is 575 g/mol. The van der Waals surface area contributed by atoms with E-state index in [1.54, 1.807) is 42.9 Å². The van der Waals surface area contributed by atoms with Crippen LogP contribution in [0.4, 0.5) is 30.5 Å². The highest BCUT2D eigenvalue weighted by atomic mass is 19.4. The van der Waals surface area contributed by atoms with Gasteiger partial charge in [0, 0.05) is 66.8 Å². The summed E-state index contributed by atoms with van der Waals surface area (Å²) in [5.41, 5.74) is 2.75. The van der Waals surface area contributed by atoms with Crippen molar-refractivity contribution in [3.8, 4) is 11.3 Å². The van der Waals surface area contributed by atoms with Crippen LogP contribution in [0, 0.1) is 6.92 Å². The second-order valence-electron chi connectivity index (χ2n) is 10.6. The topological polar surface area (TPSA) is 86.3 Å². The largest absolute Gasteiger partial charge is 0.416 e. The molecule has 5 rings (SSSR count). The van der Waals surface area contributed by atoms with Crippen LogP contribution in [0.1, 0.15) is 33.5 Å². The Kier molecular flexibility index (Phi) is 8.51. The number of alkyl halides is 3. The Morgan fingerprint density at radius 3 is 2.64 bits per heavy atom. The predicted octanol–water partition coefficient (Wildman–Crippen LogP) is 6.00. The van der Waals surface area contributed by atoms with Gasteiger partial charge in [0.2, 0.25) is 5.95 Å². The van der Waals surface area contributed by atoms with E-state index in [1.807, 2.05) is 38.1 Å². The van der Waals surface area contributed by atoms with E-state index in [1.165, 1.54) is 12.1 Å². The number of carbonyl (C=O) groups excluding carboxylic acids is 1. The van der Waals surface area contributed by atoms with Crippen LogP contribution in [-0.2, 0) is 12.7 Å². The first-order chi connectivity index (χ1) is 20.1. The number of carbonyl (C=O) groups is 1. The zero-order valence-electron chi connectivity index (χ0n) is 23.6. The zero-order chi connectivity index (χ0) is 29.9. The van der Waals surface area contributed by atoms with Gasteiger partial charge in [-0.15, -0.1) is 0 Å². The van der Waals surface area contributed by atoms with Gasteiger partial charge in [-0.05, 0) is 81.0 Å². The van der Waals surface area contributed by atoms with Crippen LogP contribution >= 0.6 is 0 Å². The van der Waals surface area contributed by atoms with Crippen molar-refractivity contribution in [3.63, 3.8) is 0 Å². The van der Waals surface area contributed by atoms with Gasteiger partial charge in [0.1, 0.15) is 0 Å². The maximum absolute atomic E-state index is 14.1. The van der Waals surface area contributed by atoms with Gasteiger partial charge in [0.05, 0.1) is 11.3 Å². The molecule has 2 aromatic heterocycles. The van der Waals surface area contributed by atoms with Crippen molar-refractivity contribution in [2.45, 2.75) is 32.1 Å². The van der Waals surface area contributed by atoms with Crippen molar-refractivity contribution >= 4 is 23.2 Å². The maximum atomic E-state index is 14.1. The molecule has 0 bridgehead atoms. The van der Waals surface area contributed by atoms with E-state index in [9.17, 15) is 18.0 Å². The molecule has 218 valence electrons. The van der Waals surface area contributed by atoms with E-state index in [0.29, 0.717) is 35.6 Å². The van der Waals surface area contributed by atoms with Gasteiger partial charge in [-0.3, -0.25) is 14.7 Å². The predicted molar refractivity (Wildman–Crippen MR) is 156 cm³/mol. The Balaban J connectivity index is 1.32. The van der Waals surface area contributed by atoms with E-state index in [-0.39, 0.29) is 17.7 Å². The number of rotatable bonds is 8. The van der Waals surface area contributed by atoms with Crippen LogP contribution in [0.2, 0.25) is 0 Å². The van der Waals surface area contributed by atoms with E-state index in [4.69, 9.17) is 0 Å². The summed E-state index contributed by atoms with van der Waals surface area (Å²) in [6.45, 7) is 3.49. The third kappa shape index (κ3) is 6.92. The summed E-state index contributed by atoms with van der Waals surface area (Å²) in [7, 11) is 3.95. The number of pyridine rings is 1. The number of amides is 1. The molecule has 11 heteroatoms. The van der Waals surface area contributed by atoms with Crippen LogP contribution in [0.3, 0.4) is 0 Å². The van der Waals surface area contributed by atoms with Crippen LogP contribution in [0.25, 0.3) is 11.3 Å². The minimum absolute atomic E-state index is 0.0683. The molecule has 0 saturated carbocycles. The van der Waals surface area contributed by atoms with Crippen LogP contribution in [-0.4, -0.2) is 63.9 Å². The van der Waals surface area contributed by atoms with Crippen LogP contribution in [0.5, 0.6) is 0 Å². The number of anilines is 3. The minimum Gasteiger partial charge on any atom is -0.324 e. The number of halogens is 3. The molecule has 2 N–H and O–H groups in total. The maximum Gasteiger partial charge on any atom is 0.416 e. The number of hydrogen-bond donors (Lipinski definition) is 2. The molecular weight excluding hydrogens is 543 g/mol. The van der Waals surface area contributed by atoms with Crippen LogP contribution < -0.4 is 10.6 Å². The first-order valence-corrected chi connectivity index (χ1v) is 13.6. The molecule has 1 saturated heterocycles. The van der Waals surface area contributed by atoms with Gasteiger partial charge in [-0.1, -0.05) is 12.1 Å². The Bertz CT molecular complexity index is 1560. The lowest BCUT2D eigenvalue weighted by Gasteiger charge is -2.22. The summed E-state index contributed by atoms with van der Waals surface area (Å²) in [6.07, 6.45) is 1.34. The van der Waals surface area contributed by atoms with Crippen molar-refractivity contribution < 1.29 is 18.0 Å². The van der Waals surface area contributed by atoms with E-state index in [2.05, 4.69) is 30.5 Å². The Morgan fingerprint density at radius 2 is 1.93 bits per heavy atom. The number of hydrogen-bond acceptors (Lipinski definition) is 7. The number of nitrogens with zero attached hydrogens (tertiary/aromatic N) is 5. The molecule has 3 heterocycles. The van der Waals surface area contributed by atoms with E-state index >= 15 is 0 Å². The normalized spacial score (nSPS) is 15.6. The molecule has 0 spiro atoms. The van der Waals surface area contributed by atoms with E-state index < -0.39 is 17.6 Å². The fraction of sp³-hybridized carbons (Fsp3) is 0.290. The molecule has 1 fully saturated rings. The molecule has 0 radical (unpaired) electrons. The number of nitrogens with one attached hydrogen (secondary N) is 2. The Hall–Kier alpha value is -4.35. The number of aromatic nitrogens is 3. The molecule has 0 unspecified atom stereocenters. The molecule has 42 heavy (non-hydrogen) atoms. The lowest BCUT2D eigenvalue weighted by molar-refractivity contribution is -0.138. The molecule has 8 nitrogen and oxygen atoms in total. The van der Waals surface area contributed by atoms with Crippen molar-refractivity contribution in [3.05, 3.63) is 95.4 Å².